The van der Waals surface area contributed by atoms with E-state index in [9.17, 15) is 4.79 Å². The van der Waals surface area contributed by atoms with Gasteiger partial charge in [-0.3, -0.25) is 0 Å². The summed E-state index contributed by atoms with van der Waals surface area (Å²) < 4.78 is 5.77. The van der Waals surface area contributed by atoms with Crippen LogP contribution < -0.4 is 11.5 Å². The zero-order valence-corrected chi connectivity index (χ0v) is 13.9. The van der Waals surface area contributed by atoms with Gasteiger partial charge in [0.15, 0.2) is 0 Å². The highest BCUT2D eigenvalue weighted by molar-refractivity contribution is 5.77. The molecule has 0 radical (unpaired) electrons. The average molecular weight is 347 g/mol. The molecule has 130 valence electrons. The maximum atomic E-state index is 10.3. The molecule has 0 aliphatic heterocycles. The standard InChI is InChI=1S/C19H17N5O2/c20-18-17(14-6-8-15(9-7-14)22-12-25)16(23-19(21)24-18)11-26-10-13-4-2-1-3-5-13/h1-9H,10-11H2,(H4,20,21,23,24). The van der Waals surface area contributed by atoms with Crippen LogP contribution in [-0.2, 0) is 22.7 Å². The molecule has 0 aliphatic carbocycles. The summed E-state index contributed by atoms with van der Waals surface area (Å²) in [5, 5.41) is 0. The molecule has 2 aromatic carbocycles. The van der Waals surface area contributed by atoms with E-state index in [1.54, 1.807) is 24.3 Å². The Hall–Kier alpha value is -3.54. The first-order valence-electron chi connectivity index (χ1n) is 7.89. The summed E-state index contributed by atoms with van der Waals surface area (Å²) in [5.41, 5.74) is 15.4. The van der Waals surface area contributed by atoms with Crippen LogP contribution in [0.3, 0.4) is 0 Å². The van der Waals surface area contributed by atoms with Crippen LogP contribution in [0.5, 0.6) is 0 Å². The summed E-state index contributed by atoms with van der Waals surface area (Å²) in [5.74, 6) is 0.356. The third-order valence-corrected chi connectivity index (χ3v) is 3.71. The van der Waals surface area contributed by atoms with Crippen LogP contribution in [0.1, 0.15) is 11.3 Å². The first-order chi connectivity index (χ1) is 12.7. The van der Waals surface area contributed by atoms with E-state index >= 15 is 0 Å². The van der Waals surface area contributed by atoms with Gasteiger partial charge in [0.05, 0.1) is 24.6 Å². The minimum Gasteiger partial charge on any atom is -0.383 e. The third kappa shape index (κ3) is 4.10. The summed E-state index contributed by atoms with van der Waals surface area (Å²) in [6.07, 6.45) is 1.51. The molecule has 7 heteroatoms. The van der Waals surface area contributed by atoms with Gasteiger partial charge in [-0.05, 0) is 23.3 Å². The highest BCUT2D eigenvalue weighted by Crippen LogP contribution is 2.30. The highest BCUT2D eigenvalue weighted by atomic mass is 16.5. The van der Waals surface area contributed by atoms with Crippen molar-refractivity contribution in [2.24, 2.45) is 4.99 Å². The topological polar surface area (TPSA) is 116 Å². The van der Waals surface area contributed by atoms with Crippen molar-refractivity contribution in [1.29, 1.82) is 0 Å². The fourth-order valence-corrected chi connectivity index (χ4v) is 2.56. The molecule has 0 bridgehead atoms. The molecular weight excluding hydrogens is 330 g/mol. The van der Waals surface area contributed by atoms with E-state index in [0.717, 1.165) is 11.1 Å². The number of ether oxygens (including phenoxy) is 1. The van der Waals surface area contributed by atoms with Gasteiger partial charge in [0.2, 0.25) is 12.0 Å². The monoisotopic (exact) mass is 347 g/mol. The molecule has 0 spiro atoms. The Kier molecular flexibility index (Phi) is 5.34. The van der Waals surface area contributed by atoms with Gasteiger partial charge in [0, 0.05) is 5.56 Å². The van der Waals surface area contributed by atoms with Gasteiger partial charge >= 0.3 is 0 Å². The Bertz CT molecular complexity index is 936. The SMILES string of the molecule is Nc1nc(N)c(-c2ccc(N=C=O)cc2)c(COCc2ccccc2)n1. The van der Waals surface area contributed by atoms with Crippen molar-refractivity contribution in [2.45, 2.75) is 13.2 Å². The molecule has 26 heavy (non-hydrogen) atoms. The first-order valence-corrected chi connectivity index (χ1v) is 7.89. The van der Waals surface area contributed by atoms with Gasteiger partial charge in [-0.25, -0.2) is 9.78 Å². The van der Waals surface area contributed by atoms with Crippen molar-refractivity contribution in [1.82, 2.24) is 9.97 Å². The number of rotatable bonds is 6. The number of nitrogen functional groups attached to an aromatic ring is 2. The lowest BCUT2D eigenvalue weighted by molar-refractivity contribution is 0.105. The number of benzene rings is 2. The summed E-state index contributed by atoms with van der Waals surface area (Å²) in [6, 6.07) is 16.7. The zero-order valence-electron chi connectivity index (χ0n) is 13.9. The normalized spacial score (nSPS) is 10.3. The van der Waals surface area contributed by atoms with Crippen LogP contribution in [-0.4, -0.2) is 16.0 Å². The van der Waals surface area contributed by atoms with Crippen LogP contribution in [0.4, 0.5) is 17.5 Å². The summed E-state index contributed by atoms with van der Waals surface area (Å²) in [6.45, 7) is 0.673. The van der Waals surface area contributed by atoms with Crippen LogP contribution in [0, 0.1) is 0 Å². The van der Waals surface area contributed by atoms with Gasteiger partial charge in [0.25, 0.3) is 0 Å². The molecule has 0 saturated carbocycles. The molecule has 0 amide bonds. The van der Waals surface area contributed by atoms with Crippen molar-refractivity contribution in [3.8, 4) is 11.1 Å². The Morgan fingerprint density at radius 3 is 2.38 bits per heavy atom. The first kappa shape index (κ1) is 17.3. The quantitative estimate of drug-likeness (QED) is 0.523. The molecule has 1 aromatic heterocycles. The number of hydrogen-bond donors (Lipinski definition) is 2. The summed E-state index contributed by atoms with van der Waals surface area (Å²) >= 11 is 0. The number of hydrogen-bond acceptors (Lipinski definition) is 7. The fraction of sp³-hybridized carbons (Fsp3) is 0.105. The molecule has 4 N–H and O–H groups in total. The molecule has 3 rings (SSSR count). The Morgan fingerprint density at radius 1 is 0.962 bits per heavy atom. The lowest BCUT2D eigenvalue weighted by atomic mass is 10.0. The molecule has 1 heterocycles. The second kappa shape index (κ2) is 8.02. The fourth-order valence-electron chi connectivity index (χ4n) is 2.56. The average Bonchev–Trinajstić information content (AvgIpc) is 2.64. The Balaban J connectivity index is 1.86. The van der Waals surface area contributed by atoms with E-state index < -0.39 is 0 Å². The van der Waals surface area contributed by atoms with Gasteiger partial charge in [-0.1, -0.05) is 42.5 Å². The number of carbonyl (C=O) groups excluding carboxylic acids is 1. The van der Waals surface area contributed by atoms with Crippen LogP contribution >= 0.6 is 0 Å². The number of anilines is 2. The van der Waals surface area contributed by atoms with Gasteiger partial charge in [0.1, 0.15) is 5.82 Å². The maximum Gasteiger partial charge on any atom is 0.240 e. The van der Waals surface area contributed by atoms with Gasteiger partial charge < -0.3 is 16.2 Å². The summed E-state index contributed by atoms with van der Waals surface area (Å²) in [4.78, 5) is 22.2. The van der Waals surface area contributed by atoms with Crippen LogP contribution in [0.25, 0.3) is 11.1 Å². The third-order valence-electron chi connectivity index (χ3n) is 3.71. The smallest absolute Gasteiger partial charge is 0.240 e. The van der Waals surface area contributed by atoms with Gasteiger partial charge in [-0.2, -0.15) is 9.98 Å². The highest BCUT2D eigenvalue weighted by Gasteiger charge is 2.14. The lowest BCUT2D eigenvalue weighted by Gasteiger charge is -2.13. The molecule has 0 aliphatic rings. The second-order valence-corrected chi connectivity index (χ2v) is 5.52. The number of isocyanates is 1. The molecular formula is C19H17N5O2. The minimum absolute atomic E-state index is 0.0896. The predicted molar refractivity (Wildman–Crippen MR) is 99.0 cm³/mol. The molecule has 0 saturated heterocycles. The van der Waals surface area contributed by atoms with E-state index in [1.807, 2.05) is 30.3 Å². The van der Waals surface area contributed by atoms with Crippen molar-refractivity contribution >= 4 is 23.5 Å². The summed E-state index contributed by atoms with van der Waals surface area (Å²) in [7, 11) is 0. The van der Waals surface area contributed by atoms with Gasteiger partial charge in [-0.15, -0.1) is 0 Å². The van der Waals surface area contributed by atoms with Crippen molar-refractivity contribution < 1.29 is 9.53 Å². The number of nitrogens with two attached hydrogens (primary N) is 2. The zero-order chi connectivity index (χ0) is 18.4. The van der Waals surface area contributed by atoms with E-state index in [4.69, 9.17) is 16.2 Å². The molecule has 3 aromatic rings. The Labute approximate surface area is 150 Å². The maximum absolute atomic E-state index is 10.3. The van der Waals surface area contributed by atoms with E-state index in [0.29, 0.717) is 23.6 Å². The minimum atomic E-state index is 0.0896. The number of aliphatic imine (C=N–C) groups is 1. The predicted octanol–water partition coefficient (Wildman–Crippen LogP) is 2.99. The largest absolute Gasteiger partial charge is 0.383 e. The van der Waals surface area contributed by atoms with E-state index in [2.05, 4.69) is 15.0 Å². The lowest BCUT2D eigenvalue weighted by Crippen LogP contribution is -2.08. The number of aromatic nitrogens is 2. The Morgan fingerprint density at radius 2 is 1.69 bits per heavy atom. The van der Waals surface area contributed by atoms with Crippen LogP contribution in [0.2, 0.25) is 0 Å². The van der Waals surface area contributed by atoms with E-state index in [1.165, 1.54) is 6.08 Å². The van der Waals surface area contributed by atoms with Crippen molar-refractivity contribution in [3.63, 3.8) is 0 Å². The van der Waals surface area contributed by atoms with Crippen molar-refractivity contribution in [2.75, 3.05) is 11.5 Å². The molecule has 7 nitrogen and oxygen atoms in total. The van der Waals surface area contributed by atoms with Crippen LogP contribution in [0.15, 0.2) is 59.6 Å². The van der Waals surface area contributed by atoms with Crippen molar-refractivity contribution in [3.05, 3.63) is 65.9 Å². The number of nitrogens with zero attached hydrogens (tertiary/aromatic N) is 3. The van der Waals surface area contributed by atoms with E-state index in [-0.39, 0.29) is 18.4 Å². The molecule has 0 unspecified atom stereocenters. The molecule has 0 atom stereocenters. The molecule has 0 fully saturated rings. The second-order valence-electron chi connectivity index (χ2n) is 5.52.